The Hall–Kier alpha value is -2.46. The molecule has 0 heterocycles. The molecular weight excluding hydrogens is 278 g/mol. The van der Waals surface area contributed by atoms with Gasteiger partial charge in [0.25, 0.3) is 5.91 Å². The van der Waals surface area contributed by atoms with E-state index in [2.05, 4.69) is 5.32 Å². The molecule has 1 aliphatic carbocycles. The summed E-state index contributed by atoms with van der Waals surface area (Å²) >= 11 is 0. The van der Waals surface area contributed by atoms with E-state index >= 15 is 0 Å². The van der Waals surface area contributed by atoms with Crippen molar-refractivity contribution in [1.82, 2.24) is 0 Å². The lowest BCUT2D eigenvalue weighted by Gasteiger charge is -2.11. The van der Waals surface area contributed by atoms with Crippen LogP contribution in [0.1, 0.15) is 50.6 Å². The van der Waals surface area contributed by atoms with E-state index in [0.29, 0.717) is 34.6 Å². The van der Waals surface area contributed by atoms with Gasteiger partial charge in [-0.2, -0.15) is 0 Å². The maximum absolute atomic E-state index is 12.3. The average Bonchev–Trinajstić information content (AvgIpc) is 3.39. The Morgan fingerprint density at radius 3 is 2.50 bits per heavy atom. The molecule has 3 rings (SSSR count). The number of carbonyl (C=O) groups excluding carboxylic acids is 2. The fourth-order valence-corrected chi connectivity index (χ4v) is 2.53. The van der Waals surface area contributed by atoms with Gasteiger partial charge in [-0.25, -0.2) is 0 Å². The van der Waals surface area contributed by atoms with Crippen LogP contribution in [-0.4, -0.2) is 17.3 Å². The Balaban J connectivity index is 1.80. The molecule has 4 nitrogen and oxygen atoms in total. The first kappa shape index (κ1) is 14.5. The molecule has 0 spiro atoms. The lowest BCUT2D eigenvalue weighted by atomic mass is 10.1. The molecule has 2 aromatic rings. The molecule has 4 heteroatoms. The summed E-state index contributed by atoms with van der Waals surface area (Å²) < 4.78 is 0. The van der Waals surface area contributed by atoms with Crippen molar-refractivity contribution in [2.75, 3.05) is 5.32 Å². The van der Waals surface area contributed by atoms with Crippen LogP contribution in [0.5, 0.6) is 0 Å². The van der Waals surface area contributed by atoms with Crippen LogP contribution >= 0.6 is 0 Å². The molecule has 1 aliphatic rings. The topological polar surface area (TPSA) is 66.4 Å². The molecule has 1 saturated carbocycles. The van der Waals surface area contributed by atoms with Crippen molar-refractivity contribution in [2.45, 2.75) is 25.4 Å². The van der Waals surface area contributed by atoms with Gasteiger partial charge in [-0.3, -0.25) is 9.59 Å². The Morgan fingerprint density at radius 2 is 1.91 bits per heavy atom. The van der Waals surface area contributed by atoms with Crippen molar-refractivity contribution in [1.29, 1.82) is 0 Å². The van der Waals surface area contributed by atoms with Gasteiger partial charge in [-0.1, -0.05) is 24.3 Å². The van der Waals surface area contributed by atoms with Crippen LogP contribution in [0.25, 0.3) is 0 Å². The highest BCUT2D eigenvalue weighted by Gasteiger charge is 2.23. The fraction of sp³-hybridized carbons (Fsp3) is 0.222. The maximum atomic E-state index is 12.3. The largest absolute Gasteiger partial charge is 0.392 e. The van der Waals surface area contributed by atoms with Crippen molar-refractivity contribution in [2.24, 2.45) is 0 Å². The third-order valence-corrected chi connectivity index (χ3v) is 3.97. The lowest BCUT2D eigenvalue weighted by molar-refractivity contribution is 0.102. The Kier molecular flexibility index (Phi) is 4.02. The van der Waals surface area contributed by atoms with E-state index in [1.54, 1.807) is 18.2 Å². The van der Waals surface area contributed by atoms with Gasteiger partial charge in [-0.15, -0.1) is 0 Å². The van der Waals surface area contributed by atoms with Crippen LogP contribution in [-0.2, 0) is 6.61 Å². The fourth-order valence-electron chi connectivity index (χ4n) is 2.53. The molecule has 0 saturated heterocycles. The quantitative estimate of drug-likeness (QED) is 0.833. The van der Waals surface area contributed by atoms with E-state index in [0.717, 1.165) is 0 Å². The molecule has 1 amide bonds. The normalized spacial score (nSPS) is 13.7. The minimum atomic E-state index is -0.300. The molecule has 0 radical (unpaired) electrons. The number of aliphatic hydroxyl groups is 1. The van der Waals surface area contributed by atoms with Crippen LogP contribution in [0.4, 0.5) is 5.69 Å². The first-order valence-electron chi connectivity index (χ1n) is 7.32. The van der Waals surface area contributed by atoms with Crippen LogP contribution in [0.2, 0.25) is 0 Å². The maximum Gasteiger partial charge on any atom is 0.255 e. The minimum Gasteiger partial charge on any atom is -0.392 e. The van der Waals surface area contributed by atoms with E-state index in [4.69, 9.17) is 0 Å². The molecule has 0 unspecified atom stereocenters. The second-order valence-corrected chi connectivity index (χ2v) is 5.50. The van der Waals surface area contributed by atoms with Crippen molar-refractivity contribution in [3.05, 3.63) is 64.7 Å². The number of anilines is 1. The van der Waals surface area contributed by atoms with Crippen molar-refractivity contribution in [3.63, 3.8) is 0 Å². The number of nitrogens with one attached hydrogen (secondary N) is 1. The average molecular weight is 295 g/mol. The number of aldehydes is 1. The standard InChI is InChI=1S/C18H17NO3/c20-10-15-2-1-3-17(16(15)11-21)19-18(22)14-8-6-13(7-9-14)12-4-5-12/h1-3,6-10,12,21H,4-5,11H2,(H,19,22). The second-order valence-electron chi connectivity index (χ2n) is 5.50. The van der Waals surface area contributed by atoms with E-state index in [9.17, 15) is 14.7 Å². The van der Waals surface area contributed by atoms with E-state index in [1.807, 2.05) is 24.3 Å². The number of hydrogen-bond acceptors (Lipinski definition) is 3. The number of benzene rings is 2. The summed E-state index contributed by atoms with van der Waals surface area (Å²) in [6.45, 7) is -0.300. The van der Waals surface area contributed by atoms with Gasteiger partial charge in [0, 0.05) is 22.4 Å². The van der Waals surface area contributed by atoms with Gasteiger partial charge in [0.05, 0.1) is 6.61 Å². The SMILES string of the molecule is O=Cc1cccc(NC(=O)c2ccc(C3CC3)cc2)c1CO. The lowest BCUT2D eigenvalue weighted by Crippen LogP contribution is -2.14. The van der Waals surface area contributed by atoms with Gasteiger partial charge < -0.3 is 10.4 Å². The van der Waals surface area contributed by atoms with E-state index < -0.39 is 0 Å². The van der Waals surface area contributed by atoms with Gasteiger partial charge in [0.15, 0.2) is 0 Å². The molecular formula is C18H17NO3. The van der Waals surface area contributed by atoms with Gasteiger partial charge in [0.2, 0.25) is 0 Å². The zero-order valence-electron chi connectivity index (χ0n) is 12.1. The first-order valence-corrected chi connectivity index (χ1v) is 7.32. The Labute approximate surface area is 128 Å². The van der Waals surface area contributed by atoms with Crippen molar-refractivity contribution >= 4 is 17.9 Å². The summed E-state index contributed by atoms with van der Waals surface area (Å²) in [5.41, 5.74) is 3.11. The molecule has 0 atom stereocenters. The van der Waals surface area contributed by atoms with E-state index in [1.165, 1.54) is 18.4 Å². The van der Waals surface area contributed by atoms with Gasteiger partial charge >= 0.3 is 0 Å². The molecule has 2 N–H and O–H groups in total. The summed E-state index contributed by atoms with van der Waals surface area (Å²) in [5.74, 6) is 0.405. The van der Waals surface area contributed by atoms with Crippen LogP contribution < -0.4 is 5.32 Å². The second kappa shape index (κ2) is 6.12. The monoisotopic (exact) mass is 295 g/mol. The van der Waals surface area contributed by atoms with E-state index in [-0.39, 0.29) is 12.5 Å². The molecule has 0 aliphatic heterocycles. The summed E-state index contributed by atoms with van der Waals surface area (Å²) in [4.78, 5) is 23.3. The highest BCUT2D eigenvalue weighted by molar-refractivity contribution is 6.05. The third kappa shape index (κ3) is 2.92. The minimum absolute atomic E-state index is 0.250. The van der Waals surface area contributed by atoms with Crippen LogP contribution in [0, 0.1) is 0 Å². The first-order chi connectivity index (χ1) is 10.7. The summed E-state index contributed by atoms with van der Waals surface area (Å²) in [6.07, 6.45) is 3.12. The van der Waals surface area contributed by atoms with Crippen LogP contribution in [0.3, 0.4) is 0 Å². The number of carbonyl (C=O) groups is 2. The predicted octanol–water partition coefficient (Wildman–Crippen LogP) is 3.12. The summed E-state index contributed by atoms with van der Waals surface area (Å²) in [6, 6.07) is 12.6. The highest BCUT2D eigenvalue weighted by atomic mass is 16.3. The predicted molar refractivity (Wildman–Crippen MR) is 84.1 cm³/mol. The van der Waals surface area contributed by atoms with Gasteiger partial charge in [-0.05, 0) is 42.5 Å². The number of aliphatic hydroxyl groups excluding tert-OH is 1. The molecule has 1 fully saturated rings. The molecule has 2 aromatic carbocycles. The molecule has 112 valence electrons. The Bertz CT molecular complexity index is 703. The third-order valence-electron chi connectivity index (χ3n) is 3.97. The highest BCUT2D eigenvalue weighted by Crippen LogP contribution is 2.39. The zero-order chi connectivity index (χ0) is 15.5. The molecule has 22 heavy (non-hydrogen) atoms. The number of amides is 1. The number of hydrogen-bond donors (Lipinski definition) is 2. The number of rotatable bonds is 5. The summed E-state index contributed by atoms with van der Waals surface area (Å²) in [7, 11) is 0. The van der Waals surface area contributed by atoms with Gasteiger partial charge in [0.1, 0.15) is 6.29 Å². The summed E-state index contributed by atoms with van der Waals surface area (Å²) in [5, 5.41) is 12.2. The zero-order valence-corrected chi connectivity index (χ0v) is 12.1. The van der Waals surface area contributed by atoms with Crippen LogP contribution in [0.15, 0.2) is 42.5 Å². The smallest absolute Gasteiger partial charge is 0.255 e. The molecule has 0 bridgehead atoms. The Morgan fingerprint density at radius 1 is 1.18 bits per heavy atom. The molecule has 0 aromatic heterocycles. The van der Waals surface area contributed by atoms with Crippen molar-refractivity contribution in [3.8, 4) is 0 Å². The van der Waals surface area contributed by atoms with Crippen molar-refractivity contribution < 1.29 is 14.7 Å².